The highest BCUT2D eigenvalue weighted by Crippen LogP contribution is 2.20. The molecule has 0 aromatic heterocycles. The van der Waals surface area contributed by atoms with E-state index < -0.39 is 0 Å². The molecular formula is C11H25NO3. The smallest absolute Gasteiger partial charge is 0.0698 e. The van der Waals surface area contributed by atoms with Crippen LogP contribution in [0.15, 0.2) is 0 Å². The molecule has 4 nitrogen and oxygen atoms in total. The van der Waals surface area contributed by atoms with Gasteiger partial charge in [0.2, 0.25) is 0 Å². The molecule has 3 N–H and O–H groups in total. The molecule has 0 aromatic carbocycles. The van der Waals surface area contributed by atoms with Crippen molar-refractivity contribution in [3.8, 4) is 0 Å². The molecule has 0 amide bonds. The minimum Gasteiger partial charge on any atom is -0.394 e. The van der Waals surface area contributed by atoms with Crippen molar-refractivity contribution >= 4 is 0 Å². The molecule has 1 atom stereocenters. The van der Waals surface area contributed by atoms with Gasteiger partial charge in [-0.05, 0) is 11.8 Å². The second kappa shape index (κ2) is 8.05. The Morgan fingerprint density at radius 2 is 1.93 bits per heavy atom. The Balaban J connectivity index is 3.28. The van der Waals surface area contributed by atoms with E-state index in [4.69, 9.17) is 9.84 Å². The molecule has 0 bridgehead atoms. The average molecular weight is 219 g/mol. The Morgan fingerprint density at radius 1 is 1.27 bits per heavy atom. The summed E-state index contributed by atoms with van der Waals surface area (Å²) in [5.41, 5.74) is 0.161. The summed E-state index contributed by atoms with van der Waals surface area (Å²) in [6, 6.07) is 0. The van der Waals surface area contributed by atoms with Crippen LogP contribution in [0.3, 0.4) is 0 Å². The average Bonchev–Trinajstić information content (AvgIpc) is 2.08. The summed E-state index contributed by atoms with van der Waals surface area (Å²) in [5, 5.41) is 21.2. The summed E-state index contributed by atoms with van der Waals surface area (Å²) in [6.45, 7) is 8.66. The zero-order valence-corrected chi connectivity index (χ0v) is 10.1. The molecule has 0 rings (SSSR count). The van der Waals surface area contributed by atoms with Gasteiger partial charge in [0.15, 0.2) is 0 Å². The number of hydrogen-bond donors (Lipinski definition) is 3. The molecule has 92 valence electrons. The zero-order valence-electron chi connectivity index (χ0n) is 10.1. The highest BCUT2D eigenvalue weighted by Gasteiger charge is 2.15. The first-order valence-electron chi connectivity index (χ1n) is 5.53. The summed E-state index contributed by atoms with van der Waals surface area (Å²) in [5.74, 6) is 0. The lowest BCUT2D eigenvalue weighted by molar-refractivity contribution is 0.0869. The summed E-state index contributed by atoms with van der Waals surface area (Å²) in [7, 11) is 0. The van der Waals surface area contributed by atoms with Gasteiger partial charge in [0.25, 0.3) is 0 Å². The largest absolute Gasteiger partial charge is 0.394 e. The third-order valence-electron chi connectivity index (χ3n) is 1.89. The molecule has 0 saturated heterocycles. The SMILES string of the molecule is CC(C)(C)CC(O)CNCCOCCO. The van der Waals surface area contributed by atoms with Crippen LogP contribution in [0.2, 0.25) is 0 Å². The van der Waals surface area contributed by atoms with E-state index in [-0.39, 0.29) is 18.1 Å². The lowest BCUT2D eigenvalue weighted by Crippen LogP contribution is -2.32. The van der Waals surface area contributed by atoms with Crippen LogP contribution in [0.5, 0.6) is 0 Å². The van der Waals surface area contributed by atoms with Crippen molar-refractivity contribution < 1.29 is 14.9 Å². The van der Waals surface area contributed by atoms with Gasteiger partial charge in [-0.25, -0.2) is 0 Å². The quantitative estimate of drug-likeness (QED) is 0.517. The highest BCUT2D eigenvalue weighted by atomic mass is 16.5. The van der Waals surface area contributed by atoms with Crippen LogP contribution in [0.1, 0.15) is 27.2 Å². The first-order chi connectivity index (χ1) is 6.95. The van der Waals surface area contributed by atoms with E-state index in [0.29, 0.717) is 26.3 Å². The number of rotatable bonds is 8. The van der Waals surface area contributed by atoms with Crippen LogP contribution in [0.4, 0.5) is 0 Å². The Morgan fingerprint density at radius 3 is 2.47 bits per heavy atom. The fraction of sp³-hybridized carbons (Fsp3) is 1.00. The summed E-state index contributed by atoms with van der Waals surface area (Å²) < 4.78 is 5.07. The molecule has 0 aliphatic heterocycles. The Kier molecular flexibility index (Phi) is 7.96. The van der Waals surface area contributed by atoms with Gasteiger partial charge in [-0.2, -0.15) is 0 Å². The van der Waals surface area contributed by atoms with Gasteiger partial charge < -0.3 is 20.3 Å². The maximum absolute atomic E-state index is 9.64. The van der Waals surface area contributed by atoms with Crippen molar-refractivity contribution in [2.24, 2.45) is 5.41 Å². The number of ether oxygens (including phenoxy) is 1. The molecule has 4 heteroatoms. The number of nitrogens with one attached hydrogen (secondary N) is 1. The summed E-state index contributed by atoms with van der Waals surface area (Å²) in [4.78, 5) is 0. The van der Waals surface area contributed by atoms with Gasteiger partial charge in [0.05, 0.1) is 25.9 Å². The number of hydrogen-bond acceptors (Lipinski definition) is 4. The van der Waals surface area contributed by atoms with Crippen LogP contribution in [-0.4, -0.2) is 49.2 Å². The summed E-state index contributed by atoms with van der Waals surface area (Å²) in [6.07, 6.45) is 0.486. The van der Waals surface area contributed by atoms with Gasteiger partial charge in [-0.15, -0.1) is 0 Å². The minimum atomic E-state index is -0.303. The van der Waals surface area contributed by atoms with Crippen molar-refractivity contribution in [2.45, 2.75) is 33.3 Å². The van der Waals surface area contributed by atoms with Crippen molar-refractivity contribution in [3.05, 3.63) is 0 Å². The maximum Gasteiger partial charge on any atom is 0.0698 e. The Hall–Kier alpha value is -0.160. The topological polar surface area (TPSA) is 61.7 Å². The normalized spacial score (nSPS) is 14.2. The molecule has 15 heavy (non-hydrogen) atoms. The predicted octanol–water partition coefficient (Wildman–Crippen LogP) is 0.382. The second-order valence-corrected chi connectivity index (χ2v) is 4.96. The molecule has 0 fully saturated rings. The van der Waals surface area contributed by atoms with Crippen molar-refractivity contribution in [3.63, 3.8) is 0 Å². The molecule has 0 aromatic rings. The van der Waals surface area contributed by atoms with Gasteiger partial charge in [-0.1, -0.05) is 20.8 Å². The van der Waals surface area contributed by atoms with Gasteiger partial charge in [-0.3, -0.25) is 0 Å². The first-order valence-corrected chi connectivity index (χ1v) is 5.53. The van der Waals surface area contributed by atoms with Gasteiger partial charge in [0.1, 0.15) is 0 Å². The van der Waals surface area contributed by atoms with Crippen LogP contribution < -0.4 is 5.32 Å². The van der Waals surface area contributed by atoms with Crippen LogP contribution in [-0.2, 0) is 4.74 Å². The Labute approximate surface area is 92.6 Å². The molecule has 0 aliphatic carbocycles. The molecule has 1 unspecified atom stereocenters. The molecule has 0 heterocycles. The summed E-state index contributed by atoms with van der Waals surface area (Å²) >= 11 is 0. The molecule has 0 radical (unpaired) electrons. The first kappa shape index (κ1) is 14.8. The fourth-order valence-corrected chi connectivity index (χ4v) is 1.36. The van der Waals surface area contributed by atoms with Crippen LogP contribution in [0, 0.1) is 5.41 Å². The number of aliphatic hydroxyl groups is 2. The molecular weight excluding hydrogens is 194 g/mol. The molecule has 0 spiro atoms. The lowest BCUT2D eigenvalue weighted by Gasteiger charge is -2.22. The second-order valence-electron chi connectivity index (χ2n) is 4.96. The monoisotopic (exact) mass is 219 g/mol. The lowest BCUT2D eigenvalue weighted by atomic mass is 9.89. The van der Waals surface area contributed by atoms with E-state index in [2.05, 4.69) is 26.1 Å². The van der Waals surface area contributed by atoms with Gasteiger partial charge in [0, 0.05) is 13.1 Å². The van der Waals surface area contributed by atoms with E-state index in [0.717, 1.165) is 6.42 Å². The van der Waals surface area contributed by atoms with Gasteiger partial charge >= 0.3 is 0 Å². The molecule has 0 aliphatic rings. The number of aliphatic hydroxyl groups excluding tert-OH is 2. The Bertz CT molecular complexity index is 145. The fourth-order valence-electron chi connectivity index (χ4n) is 1.36. The van der Waals surface area contributed by atoms with E-state index in [1.807, 2.05) is 0 Å². The van der Waals surface area contributed by atoms with Crippen LogP contribution in [0.25, 0.3) is 0 Å². The minimum absolute atomic E-state index is 0.0622. The molecule has 0 saturated carbocycles. The van der Waals surface area contributed by atoms with Crippen LogP contribution >= 0.6 is 0 Å². The van der Waals surface area contributed by atoms with Crippen molar-refractivity contribution in [1.29, 1.82) is 0 Å². The standard InChI is InChI=1S/C11H25NO3/c1-11(2,3)8-10(14)9-12-4-6-15-7-5-13/h10,12-14H,4-9H2,1-3H3. The van der Waals surface area contributed by atoms with Crippen molar-refractivity contribution in [2.75, 3.05) is 32.9 Å². The third kappa shape index (κ3) is 11.8. The van der Waals surface area contributed by atoms with E-state index in [9.17, 15) is 5.11 Å². The highest BCUT2D eigenvalue weighted by molar-refractivity contribution is 4.69. The van der Waals surface area contributed by atoms with E-state index in [1.165, 1.54) is 0 Å². The zero-order chi connectivity index (χ0) is 11.7. The van der Waals surface area contributed by atoms with Crippen molar-refractivity contribution in [1.82, 2.24) is 5.32 Å². The predicted molar refractivity (Wildman–Crippen MR) is 60.9 cm³/mol. The van der Waals surface area contributed by atoms with E-state index in [1.54, 1.807) is 0 Å². The maximum atomic E-state index is 9.64. The third-order valence-corrected chi connectivity index (χ3v) is 1.89. The van der Waals surface area contributed by atoms with E-state index >= 15 is 0 Å².